The quantitative estimate of drug-likeness (QED) is 0.732. The summed E-state index contributed by atoms with van der Waals surface area (Å²) in [4.78, 5) is 11.9. The Balaban J connectivity index is 2.33. The second-order valence-corrected chi connectivity index (χ2v) is 4.23. The summed E-state index contributed by atoms with van der Waals surface area (Å²) >= 11 is 1.62. The average molecular weight is 231 g/mol. The van der Waals surface area contributed by atoms with Crippen LogP contribution in [0.15, 0.2) is 17.8 Å². The molecule has 5 nitrogen and oxygen atoms in total. The molecule has 0 radical (unpaired) electrons. The van der Waals surface area contributed by atoms with Crippen molar-refractivity contribution >= 4 is 21.6 Å². The summed E-state index contributed by atoms with van der Waals surface area (Å²) in [6.45, 7) is 2.04. The molecule has 0 atom stereocenters. The van der Waals surface area contributed by atoms with Gasteiger partial charge in [-0.2, -0.15) is 0 Å². The number of thiophene rings is 1. The fourth-order valence-corrected chi connectivity index (χ4v) is 2.37. The standard InChI is InChI=1S/C10H9N5S/c1-2-7-13-6-3-4-16-9(6)8(14-7)10-11-5-12-15-10/h3-5H,2H2,1H3,(H,11,12,15). The fraction of sp³-hybridized carbons (Fsp3) is 0.200. The van der Waals surface area contributed by atoms with Gasteiger partial charge in [0, 0.05) is 6.42 Å². The van der Waals surface area contributed by atoms with Crippen molar-refractivity contribution in [2.24, 2.45) is 0 Å². The van der Waals surface area contributed by atoms with Crippen LogP contribution < -0.4 is 0 Å². The molecule has 0 fully saturated rings. The minimum absolute atomic E-state index is 0.699. The van der Waals surface area contributed by atoms with Crippen LogP contribution in [0, 0.1) is 0 Å². The van der Waals surface area contributed by atoms with Crippen LogP contribution in [0.25, 0.3) is 21.7 Å². The molecule has 0 spiro atoms. The first-order valence-corrected chi connectivity index (χ1v) is 5.87. The molecule has 0 saturated heterocycles. The largest absolute Gasteiger partial charge is 0.326 e. The van der Waals surface area contributed by atoms with E-state index in [4.69, 9.17) is 0 Å². The van der Waals surface area contributed by atoms with Crippen molar-refractivity contribution < 1.29 is 0 Å². The van der Waals surface area contributed by atoms with E-state index in [2.05, 4.69) is 25.1 Å². The molecule has 0 aliphatic heterocycles. The van der Waals surface area contributed by atoms with Gasteiger partial charge in [-0.05, 0) is 11.4 Å². The number of hydrogen-bond donors (Lipinski definition) is 1. The molecule has 16 heavy (non-hydrogen) atoms. The molecule has 0 amide bonds. The smallest absolute Gasteiger partial charge is 0.181 e. The van der Waals surface area contributed by atoms with E-state index >= 15 is 0 Å². The summed E-state index contributed by atoms with van der Waals surface area (Å²) < 4.78 is 1.05. The van der Waals surface area contributed by atoms with Crippen molar-refractivity contribution in [3.05, 3.63) is 23.6 Å². The third kappa shape index (κ3) is 1.38. The number of hydrogen-bond acceptors (Lipinski definition) is 5. The summed E-state index contributed by atoms with van der Waals surface area (Å²) in [5.74, 6) is 1.53. The predicted molar refractivity (Wildman–Crippen MR) is 62.2 cm³/mol. The highest BCUT2D eigenvalue weighted by molar-refractivity contribution is 7.17. The Morgan fingerprint density at radius 1 is 1.38 bits per heavy atom. The van der Waals surface area contributed by atoms with Gasteiger partial charge in [-0.25, -0.2) is 9.97 Å². The van der Waals surface area contributed by atoms with Gasteiger partial charge in [0.1, 0.15) is 17.8 Å². The molecule has 0 aliphatic carbocycles. The summed E-state index contributed by atoms with van der Waals surface area (Å²) in [5, 5.41) is 9.80. The number of nitrogens with one attached hydrogen (secondary N) is 1. The zero-order chi connectivity index (χ0) is 11.0. The van der Waals surface area contributed by atoms with Gasteiger partial charge in [0.2, 0.25) is 0 Å². The second-order valence-electron chi connectivity index (χ2n) is 3.31. The topological polar surface area (TPSA) is 67.3 Å². The van der Waals surface area contributed by atoms with Crippen LogP contribution in [-0.4, -0.2) is 25.1 Å². The highest BCUT2D eigenvalue weighted by atomic mass is 32.1. The summed E-state index contributed by atoms with van der Waals surface area (Å²) in [6.07, 6.45) is 2.37. The van der Waals surface area contributed by atoms with Gasteiger partial charge in [0.25, 0.3) is 0 Å². The first-order chi connectivity index (χ1) is 7.88. The minimum atomic E-state index is 0.699. The van der Waals surface area contributed by atoms with Crippen molar-refractivity contribution in [1.82, 2.24) is 25.1 Å². The summed E-state index contributed by atoms with van der Waals surface area (Å²) in [6, 6.07) is 2.00. The first-order valence-electron chi connectivity index (χ1n) is 4.99. The molecule has 6 heteroatoms. The molecular weight excluding hydrogens is 222 g/mol. The van der Waals surface area contributed by atoms with E-state index in [1.807, 2.05) is 18.4 Å². The Labute approximate surface area is 95.6 Å². The predicted octanol–water partition coefficient (Wildman–Crippen LogP) is 2.04. The molecular formula is C10H9N5S. The lowest BCUT2D eigenvalue weighted by Gasteiger charge is -2.01. The molecule has 0 aromatic carbocycles. The SMILES string of the molecule is CCc1nc(-c2nnc[nH]2)c2sccc2n1. The van der Waals surface area contributed by atoms with E-state index in [9.17, 15) is 0 Å². The summed E-state index contributed by atoms with van der Waals surface area (Å²) in [7, 11) is 0. The van der Waals surface area contributed by atoms with Crippen LogP contribution >= 0.6 is 11.3 Å². The maximum atomic E-state index is 4.50. The molecule has 80 valence electrons. The van der Waals surface area contributed by atoms with Crippen molar-refractivity contribution in [3.63, 3.8) is 0 Å². The van der Waals surface area contributed by atoms with Gasteiger partial charge in [0.05, 0.1) is 10.2 Å². The van der Waals surface area contributed by atoms with Crippen LogP contribution in [0.4, 0.5) is 0 Å². The maximum Gasteiger partial charge on any atom is 0.181 e. The first kappa shape index (κ1) is 9.41. The number of rotatable bonds is 2. The normalized spacial score (nSPS) is 11.1. The Bertz CT molecular complexity index is 613. The van der Waals surface area contributed by atoms with Gasteiger partial charge in [-0.15, -0.1) is 21.5 Å². The van der Waals surface area contributed by atoms with Crippen LogP contribution in [0.2, 0.25) is 0 Å². The van der Waals surface area contributed by atoms with Crippen molar-refractivity contribution in [2.75, 3.05) is 0 Å². The third-order valence-electron chi connectivity index (χ3n) is 2.31. The molecule has 0 aliphatic rings. The van der Waals surface area contributed by atoms with E-state index in [1.165, 1.54) is 0 Å². The summed E-state index contributed by atoms with van der Waals surface area (Å²) in [5.41, 5.74) is 1.82. The Hall–Kier alpha value is -1.82. The average Bonchev–Trinajstić information content (AvgIpc) is 2.98. The van der Waals surface area contributed by atoms with Crippen molar-refractivity contribution in [2.45, 2.75) is 13.3 Å². The Kier molecular flexibility index (Phi) is 2.14. The molecule has 0 bridgehead atoms. The zero-order valence-corrected chi connectivity index (χ0v) is 9.45. The maximum absolute atomic E-state index is 4.50. The van der Waals surface area contributed by atoms with E-state index in [0.717, 1.165) is 28.2 Å². The van der Waals surface area contributed by atoms with Gasteiger partial charge in [-0.3, -0.25) is 0 Å². The molecule has 3 heterocycles. The molecule has 0 unspecified atom stereocenters. The number of aryl methyl sites for hydroxylation is 1. The Morgan fingerprint density at radius 3 is 3.06 bits per heavy atom. The van der Waals surface area contributed by atoms with E-state index in [-0.39, 0.29) is 0 Å². The van der Waals surface area contributed by atoms with Crippen molar-refractivity contribution in [3.8, 4) is 11.5 Å². The number of aromatic amines is 1. The number of nitrogens with zero attached hydrogens (tertiary/aromatic N) is 4. The number of aromatic nitrogens is 5. The molecule has 3 aromatic heterocycles. The lowest BCUT2D eigenvalue weighted by molar-refractivity contribution is 0.959. The molecule has 3 rings (SSSR count). The van der Waals surface area contributed by atoms with E-state index in [0.29, 0.717) is 5.82 Å². The van der Waals surface area contributed by atoms with Crippen LogP contribution in [0.1, 0.15) is 12.7 Å². The fourth-order valence-electron chi connectivity index (χ4n) is 1.55. The second kappa shape index (κ2) is 3.64. The zero-order valence-electron chi connectivity index (χ0n) is 8.64. The molecule has 0 saturated carbocycles. The van der Waals surface area contributed by atoms with E-state index in [1.54, 1.807) is 17.7 Å². The van der Waals surface area contributed by atoms with Gasteiger partial charge in [-0.1, -0.05) is 6.92 Å². The van der Waals surface area contributed by atoms with Crippen molar-refractivity contribution in [1.29, 1.82) is 0 Å². The molecule has 3 aromatic rings. The third-order valence-corrected chi connectivity index (χ3v) is 3.22. The monoisotopic (exact) mass is 231 g/mol. The van der Waals surface area contributed by atoms with E-state index < -0.39 is 0 Å². The highest BCUT2D eigenvalue weighted by Crippen LogP contribution is 2.27. The van der Waals surface area contributed by atoms with Gasteiger partial charge < -0.3 is 4.98 Å². The highest BCUT2D eigenvalue weighted by Gasteiger charge is 2.12. The van der Waals surface area contributed by atoms with Crippen LogP contribution in [0.3, 0.4) is 0 Å². The van der Waals surface area contributed by atoms with Gasteiger partial charge >= 0.3 is 0 Å². The van der Waals surface area contributed by atoms with Gasteiger partial charge in [0.15, 0.2) is 5.82 Å². The minimum Gasteiger partial charge on any atom is -0.326 e. The number of H-pyrrole nitrogens is 1. The Morgan fingerprint density at radius 2 is 2.31 bits per heavy atom. The molecule has 1 N–H and O–H groups in total. The van der Waals surface area contributed by atoms with Crippen LogP contribution in [0.5, 0.6) is 0 Å². The number of fused-ring (bicyclic) bond motifs is 1. The lowest BCUT2D eigenvalue weighted by atomic mass is 10.3. The van der Waals surface area contributed by atoms with Crippen LogP contribution in [-0.2, 0) is 6.42 Å². The lowest BCUT2D eigenvalue weighted by Crippen LogP contribution is -1.96.